The number of hydrogen-bond donors (Lipinski definition) is 0. The summed E-state index contributed by atoms with van der Waals surface area (Å²) in [6.45, 7) is -3.16. The van der Waals surface area contributed by atoms with Crippen molar-refractivity contribution in [2.45, 2.75) is 6.56 Å². The molecule has 0 bridgehead atoms. The molecule has 4 rings (SSSR count). The average molecular weight is 434 g/mol. The van der Waals surface area contributed by atoms with Gasteiger partial charge in [-0.15, -0.1) is 0 Å². The van der Waals surface area contributed by atoms with Crippen LogP contribution in [0, 0.1) is 17.1 Å². The molecule has 0 N–H and O–H groups in total. The monoisotopic (exact) mass is 433 g/mol. The molecule has 0 aliphatic heterocycles. The lowest BCUT2D eigenvalue weighted by atomic mass is 10.2. The molecule has 3 aromatic carbocycles. The maximum absolute atomic E-state index is 15.6. The molecule has 0 aliphatic rings. The zero-order valence-electron chi connectivity index (χ0n) is 26.1. The molecule has 0 amide bonds. The first kappa shape index (κ1) is 7.87. The van der Waals surface area contributed by atoms with E-state index in [0.29, 0.717) is 4.57 Å². The summed E-state index contributed by atoms with van der Waals surface area (Å²) in [5, 5.41) is 9.25. The number of rotatable bonds is 4. The Balaban J connectivity index is 2.01. The molecule has 1 aromatic heterocycles. The first-order valence-corrected chi connectivity index (χ1v) is 8.05. The first-order chi connectivity index (χ1) is 18.5. The van der Waals surface area contributed by atoms with Gasteiger partial charge in [0.05, 0.1) is 35.0 Å². The predicted octanol–water partition coefficient (Wildman–Crippen LogP) is 5.98. The van der Waals surface area contributed by atoms with Crippen molar-refractivity contribution in [3.05, 3.63) is 94.1 Å². The van der Waals surface area contributed by atoms with Gasteiger partial charge in [-0.1, -0.05) is 46.2 Å². The van der Waals surface area contributed by atoms with Crippen LogP contribution >= 0.6 is 15.9 Å². The van der Waals surface area contributed by atoms with Crippen molar-refractivity contribution in [1.82, 2.24) is 4.57 Å². The second-order valence-corrected chi connectivity index (χ2v) is 5.79. The Labute approximate surface area is 182 Å². The van der Waals surface area contributed by atoms with Crippen LogP contribution in [0.15, 0.2) is 77.1 Å². The largest absolute Gasteiger partial charge is 0.486 e. The molecule has 0 spiro atoms. The van der Waals surface area contributed by atoms with Gasteiger partial charge in [0.2, 0.25) is 0 Å². The van der Waals surface area contributed by atoms with E-state index < -0.39 is 102 Å². The SMILES string of the molecule is [2H]c1cc(C([2H])([2H])Oc2c([2H])c([2H])c(-n3c([2H])c([2H])c4c(Br)c([2H])c(C#N)c([2H])c43)c([2H])c2F)c([2H])c([2H])c1[2H]. The van der Waals surface area contributed by atoms with Gasteiger partial charge in [-0.05, 0) is 35.8 Å². The fourth-order valence-electron chi connectivity index (χ4n) is 2.15. The van der Waals surface area contributed by atoms with Crippen molar-refractivity contribution in [3.8, 4) is 17.5 Å². The summed E-state index contributed by atoms with van der Waals surface area (Å²) in [7, 11) is 0. The third-order valence-electron chi connectivity index (χ3n) is 3.32. The molecule has 0 atom stereocenters. The summed E-state index contributed by atoms with van der Waals surface area (Å²) in [4.78, 5) is 0. The van der Waals surface area contributed by atoms with Crippen molar-refractivity contribution in [2.24, 2.45) is 0 Å². The fraction of sp³-hybridized carbons (Fsp3) is 0.0455. The number of halogens is 2. The van der Waals surface area contributed by atoms with Crippen molar-refractivity contribution in [1.29, 1.82) is 5.26 Å². The number of fused-ring (bicyclic) bond motifs is 1. The second kappa shape index (κ2) is 7.26. The molecule has 0 radical (unpaired) electrons. The van der Waals surface area contributed by atoms with Gasteiger partial charge in [0.25, 0.3) is 0 Å². The van der Waals surface area contributed by atoms with Crippen LogP contribution in [0.25, 0.3) is 16.6 Å². The van der Waals surface area contributed by atoms with E-state index in [-0.39, 0.29) is 15.4 Å². The van der Waals surface area contributed by atoms with Crippen molar-refractivity contribution in [3.63, 3.8) is 0 Å². The molecule has 3 nitrogen and oxygen atoms in total. The Hall–Kier alpha value is -3.10. The molecule has 0 saturated carbocycles. The topological polar surface area (TPSA) is 38.0 Å². The Bertz CT molecular complexity index is 1790. The fourth-order valence-corrected chi connectivity index (χ4v) is 2.63. The zero-order chi connectivity index (χ0) is 30.2. The molecule has 5 heteroatoms. The van der Waals surface area contributed by atoms with E-state index in [9.17, 15) is 5.26 Å². The first-order valence-electron chi connectivity index (χ1n) is 13.8. The quantitative estimate of drug-likeness (QED) is 0.396. The van der Waals surface area contributed by atoms with E-state index in [1.807, 2.05) is 0 Å². The number of benzene rings is 3. The minimum Gasteiger partial charge on any atom is -0.486 e. The zero-order valence-corrected chi connectivity index (χ0v) is 14.7. The van der Waals surface area contributed by atoms with Crippen LogP contribution in [0.2, 0.25) is 0 Å². The number of nitrogens with zero attached hydrogens (tertiary/aromatic N) is 2. The molecule has 27 heavy (non-hydrogen) atoms. The van der Waals surface area contributed by atoms with Gasteiger partial charge in [-0.2, -0.15) is 5.26 Å². The van der Waals surface area contributed by atoms with E-state index in [1.54, 1.807) is 6.07 Å². The summed E-state index contributed by atoms with van der Waals surface area (Å²) in [5.41, 5.74) is -2.36. The van der Waals surface area contributed by atoms with Crippen LogP contribution in [0.3, 0.4) is 0 Å². The lowest BCUT2D eigenvalue weighted by molar-refractivity contribution is 0.290. The van der Waals surface area contributed by atoms with E-state index in [2.05, 4.69) is 15.9 Å². The normalized spacial score (nSPS) is 18.0. The lowest BCUT2D eigenvalue weighted by Crippen LogP contribution is -1.99. The van der Waals surface area contributed by atoms with Crippen molar-refractivity contribution >= 4 is 26.8 Å². The van der Waals surface area contributed by atoms with Crippen LogP contribution < -0.4 is 4.74 Å². The Morgan fingerprint density at radius 1 is 1.19 bits per heavy atom. The Kier molecular flexibility index (Phi) is 2.12. The minimum absolute atomic E-state index is 0.127. The highest BCUT2D eigenvalue weighted by Crippen LogP contribution is 2.30. The summed E-state index contributed by atoms with van der Waals surface area (Å²) < 4.78 is 127. The van der Waals surface area contributed by atoms with Gasteiger partial charge >= 0.3 is 0 Å². The van der Waals surface area contributed by atoms with Crippen LogP contribution in [-0.2, 0) is 6.56 Å². The Morgan fingerprint density at radius 2 is 2.07 bits per heavy atom. The molecule has 4 aromatic rings. The van der Waals surface area contributed by atoms with Gasteiger partial charge < -0.3 is 9.30 Å². The Morgan fingerprint density at radius 3 is 2.93 bits per heavy atom. The van der Waals surface area contributed by atoms with E-state index in [1.165, 1.54) is 0 Å². The molecule has 1 heterocycles. The highest BCUT2D eigenvalue weighted by Gasteiger charge is 2.11. The number of hydrogen-bond acceptors (Lipinski definition) is 2. The highest BCUT2D eigenvalue weighted by atomic mass is 79.9. The molecule has 0 unspecified atom stereocenters. The third-order valence-corrected chi connectivity index (χ3v) is 3.91. The van der Waals surface area contributed by atoms with Crippen LogP contribution in [-0.4, -0.2) is 4.57 Å². The molecule has 132 valence electrons. The smallest absolute Gasteiger partial charge is 0.167 e. The number of nitriles is 1. The molecular formula is C22H14BrFN2O. The van der Waals surface area contributed by atoms with E-state index in [0.717, 1.165) is 6.07 Å². The summed E-state index contributed by atoms with van der Waals surface area (Å²) >= 11 is 3.07. The highest BCUT2D eigenvalue weighted by molar-refractivity contribution is 9.10. The van der Waals surface area contributed by atoms with Gasteiger partial charge in [0.1, 0.15) is 6.56 Å². The molecular weight excluding hydrogens is 407 g/mol. The average Bonchev–Trinajstić information content (AvgIpc) is 3.16. The summed E-state index contributed by atoms with van der Waals surface area (Å²) in [6, 6.07) is -5.42. The predicted molar refractivity (Wildman–Crippen MR) is 106 cm³/mol. The maximum Gasteiger partial charge on any atom is 0.167 e. The van der Waals surface area contributed by atoms with Crippen LogP contribution in [0.1, 0.15) is 28.9 Å². The van der Waals surface area contributed by atoms with Crippen molar-refractivity contribution < 1.29 is 26.9 Å². The van der Waals surface area contributed by atoms with E-state index in [4.69, 9.17) is 22.6 Å². The second-order valence-electron chi connectivity index (χ2n) is 4.99. The summed E-state index contributed by atoms with van der Waals surface area (Å²) in [5.74, 6) is -2.90. The molecule has 0 aliphatic carbocycles. The standard InChI is InChI=1S/C22H14BrFN2O/c23-19-10-16(13-25)11-21-18(19)8-9-26(21)17-6-7-22(20(24)12-17)27-14-15-4-2-1-3-5-15/h1-12H,14H2/i1D,2D,3D,4D,6D,7D,8D,9D,10D,11D,12D,14D2. The minimum atomic E-state index is -3.16. The van der Waals surface area contributed by atoms with Crippen LogP contribution in [0.5, 0.6) is 5.75 Å². The van der Waals surface area contributed by atoms with E-state index >= 15 is 4.39 Å². The van der Waals surface area contributed by atoms with Gasteiger partial charge in [0.15, 0.2) is 11.6 Å². The third kappa shape index (κ3) is 3.44. The lowest BCUT2D eigenvalue weighted by Gasteiger charge is -2.11. The van der Waals surface area contributed by atoms with Gasteiger partial charge in [-0.25, -0.2) is 4.39 Å². The molecule has 0 fully saturated rings. The van der Waals surface area contributed by atoms with Crippen molar-refractivity contribution in [2.75, 3.05) is 0 Å². The maximum atomic E-state index is 15.6. The number of ether oxygens (including phenoxy) is 1. The van der Waals surface area contributed by atoms with Crippen LogP contribution in [0.4, 0.5) is 4.39 Å². The number of aromatic nitrogens is 1. The summed E-state index contributed by atoms with van der Waals surface area (Å²) in [6.07, 6.45) is -0.747. The van der Waals surface area contributed by atoms with Gasteiger partial charge in [-0.3, -0.25) is 0 Å². The molecule has 0 saturated heterocycles. The van der Waals surface area contributed by atoms with Gasteiger partial charge in [0, 0.05) is 27.8 Å².